The maximum Gasteiger partial charge on any atom is 0.434 e. The minimum Gasteiger partial charge on any atom is -0.361 e. The Morgan fingerprint density at radius 3 is 2.65 bits per heavy atom. The van der Waals surface area contributed by atoms with E-state index in [0.717, 1.165) is 61.1 Å². The molecule has 9 heteroatoms. The predicted molar refractivity (Wildman–Crippen MR) is 116 cm³/mol. The van der Waals surface area contributed by atoms with Crippen LogP contribution in [0.4, 0.5) is 18.3 Å². The van der Waals surface area contributed by atoms with Gasteiger partial charge in [0, 0.05) is 48.2 Å². The van der Waals surface area contributed by atoms with Crippen molar-refractivity contribution in [1.82, 2.24) is 14.9 Å². The number of nitriles is 1. The molecular formula is C22H24F3N5S. The summed E-state index contributed by atoms with van der Waals surface area (Å²) in [5, 5.41) is 10.7. The molecule has 1 aliphatic heterocycles. The van der Waals surface area contributed by atoms with Gasteiger partial charge in [0.2, 0.25) is 0 Å². The van der Waals surface area contributed by atoms with Crippen molar-refractivity contribution in [3.05, 3.63) is 46.1 Å². The van der Waals surface area contributed by atoms with Gasteiger partial charge in [0.1, 0.15) is 0 Å². The van der Waals surface area contributed by atoms with Gasteiger partial charge in [-0.05, 0) is 56.5 Å². The standard InChI is InChI=1S/C22H24F3N5S/c1-15-20(22(23,24)25)28-21(31-15)30-10-8-29(9-11-30)7-3-2-4-17-14-27-19-6-5-16(13-26)12-18(17)19/h5-6,12,14,27H,2-4,7-11H2,1H3. The molecule has 5 nitrogen and oxygen atoms in total. The minimum absolute atomic E-state index is 0.226. The molecule has 31 heavy (non-hydrogen) atoms. The van der Waals surface area contributed by atoms with Gasteiger partial charge in [0.15, 0.2) is 10.8 Å². The van der Waals surface area contributed by atoms with Crippen LogP contribution in [0.1, 0.15) is 34.5 Å². The lowest BCUT2D eigenvalue weighted by molar-refractivity contribution is -0.141. The topological polar surface area (TPSA) is 59.0 Å². The van der Waals surface area contributed by atoms with Crippen molar-refractivity contribution in [3.8, 4) is 6.07 Å². The number of halogens is 3. The summed E-state index contributed by atoms with van der Waals surface area (Å²) in [6, 6.07) is 7.89. The number of thiazole rings is 1. The number of aryl methyl sites for hydroxylation is 2. The van der Waals surface area contributed by atoms with E-state index in [1.807, 2.05) is 29.3 Å². The molecule has 4 rings (SSSR count). The summed E-state index contributed by atoms with van der Waals surface area (Å²) >= 11 is 1.13. The number of H-pyrrole nitrogens is 1. The molecule has 0 spiro atoms. The third-order valence-corrected chi connectivity index (χ3v) is 6.80. The Labute approximate surface area is 183 Å². The smallest absolute Gasteiger partial charge is 0.361 e. The number of hydrogen-bond donors (Lipinski definition) is 1. The van der Waals surface area contributed by atoms with Crippen LogP contribution in [-0.4, -0.2) is 47.6 Å². The van der Waals surface area contributed by atoms with Gasteiger partial charge in [0.25, 0.3) is 0 Å². The van der Waals surface area contributed by atoms with Gasteiger partial charge in [-0.15, -0.1) is 11.3 Å². The summed E-state index contributed by atoms with van der Waals surface area (Å²) < 4.78 is 39.0. The van der Waals surface area contributed by atoms with Crippen LogP contribution in [0, 0.1) is 18.3 Å². The zero-order valence-corrected chi connectivity index (χ0v) is 18.1. The first-order valence-corrected chi connectivity index (χ1v) is 11.2. The van der Waals surface area contributed by atoms with Crippen LogP contribution >= 0.6 is 11.3 Å². The number of nitrogens with zero attached hydrogens (tertiary/aromatic N) is 4. The molecule has 1 aromatic carbocycles. The van der Waals surface area contributed by atoms with E-state index in [0.29, 0.717) is 23.8 Å². The number of benzene rings is 1. The summed E-state index contributed by atoms with van der Waals surface area (Å²) in [6.07, 6.45) is 0.689. The number of fused-ring (bicyclic) bond motifs is 1. The molecule has 2 aromatic heterocycles. The average molecular weight is 448 g/mol. The molecule has 0 radical (unpaired) electrons. The molecular weight excluding hydrogens is 423 g/mol. The van der Waals surface area contributed by atoms with Crippen molar-refractivity contribution >= 4 is 27.4 Å². The Morgan fingerprint density at radius 2 is 1.97 bits per heavy atom. The molecule has 3 aromatic rings. The fourth-order valence-electron chi connectivity index (χ4n) is 4.05. The van der Waals surface area contributed by atoms with Crippen molar-refractivity contribution in [1.29, 1.82) is 5.26 Å². The van der Waals surface area contributed by atoms with Gasteiger partial charge in [-0.25, -0.2) is 4.98 Å². The van der Waals surface area contributed by atoms with E-state index in [1.165, 1.54) is 12.5 Å². The van der Waals surface area contributed by atoms with Gasteiger partial charge in [-0.3, -0.25) is 4.90 Å². The van der Waals surface area contributed by atoms with E-state index < -0.39 is 11.9 Å². The Bertz CT molecular complexity index is 1090. The highest BCUT2D eigenvalue weighted by molar-refractivity contribution is 7.15. The SMILES string of the molecule is Cc1sc(N2CCN(CCCCc3c[nH]c4ccc(C#N)cc34)CC2)nc1C(F)(F)F. The average Bonchev–Trinajstić information content (AvgIpc) is 3.34. The van der Waals surface area contributed by atoms with Gasteiger partial charge in [0.05, 0.1) is 11.6 Å². The van der Waals surface area contributed by atoms with Crippen molar-refractivity contribution in [2.45, 2.75) is 32.4 Å². The van der Waals surface area contributed by atoms with Crippen LogP contribution < -0.4 is 4.90 Å². The first-order chi connectivity index (χ1) is 14.8. The van der Waals surface area contributed by atoms with E-state index in [9.17, 15) is 13.2 Å². The maximum atomic E-state index is 13.0. The Morgan fingerprint density at radius 1 is 1.19 bits per heavy atom. The molecule has 3 heterocycles. The lowest BCUT2D eigenvalue weighted by atomic mass is 10.1. The third-order valence-electron chi connectivity index (χ3n) is 5.76. The van der Waals surface area contributed by atoms with Gasteiger partial charge >= 0.3 is 6.18 Å². The minimum atomic E-state index is -4.39. The molecule has 1 saturated heterocycles. The van der Waals surface area contributed by atoms with Crippen LogP contribution in [0.25, 0.3) is 10.9 Å². The molecule has 0 bridgehead atoms. The molecule has 0 saturated carbocycles. The Kier molecular flexibility index (Phi) is 6.21. The maximum absolute atomic E-state index is 13.0. The van der Waals surface area contributed by atoms with Crippen LogP contribution in [0.15, 0.2) is 24.4 Å². The largest absolute Gasteiger partial charge is 0.434 e. The monoisotopic (exact) mass is 447 g/mol. The number of aromatic amines is 1. The second kappa shape index (κ2) is 8.89. The lowest BCUT2D eigenvalue weighted by Crippen LogP contribution is -2.46. The Balaban J connectivity index is 1.24. The number of hydrogen-bond acceptors (Lipinski definition) is 5. The van der Waals surface area contributed by atoms with Gasteiger partial charge in [-0.2, -0.15) is 18.4 Å². The van der Waals surface area contributed by atoms with E-state index in [-0.39, 0.29) is 4.88 Å². The highest BCUT2D eigenvalue weighted by Crippen LogP contribution is 2.37. The summed E-state index contributed by atoms with van der Waals surface area (Å²) in [4.78, 5) is 11.7. The summed E-state index contributed by atoms with van der Waals surface area (Å²) in [6.45, 7) is 5.52. The van der Waals surface area contributed by atoms with E-state index >= 15 is 0 Å². The molecule has 0 unspecified atom stereocenters. The second-order valence-electron chi connectivity index (χ2n) is 7.87. The highest BCUT2D eigenvalue weighted by atomic mass is 32.1. The Hall–Kier alpha value is -2.57. The van der Waals surface area contributed by atoms with Crippen molar-refractivity contribution in [2.24, 2.45) is 0 Å². The van der Waals surface area contributed by atoms with E-state index in [1.54, 1.807) is 0 Å². The first kappa shape index (κ1) is 21.7. The molecule has 0 atom stereocenters. The lowest BCUT2D eigenvalue weighted by Gasteiger charge is -2.34. The van der Waals surface area contributed by atoms with Crippen molar-refractivity contribution in [2.75, 3.05) is 37.6 Å². The molecule has 1 N–H and O–H groups in total. The highest BCUT2D eigenvalue weighted by Gasteiger charge is 2.37. The number of alkyl halides is 3. The quantitative estimate of drug-likeness (QED) is 0.542. The van der Waals surface area contributed by atoms with Crippen molar-refractivity contribution < 1.29 is 13.2 Å². The fourth-order valence-corrected chi connectivity index (χ4v) is 5.03. The summed E-state index contributed by atoms with van der Waals surface area (Å²) in [5.41, 5.74) is 2.20. The number of nitrogens with one attached hydrogen (secondary N) is 1. The number of unbranched alkanes of at least 4 members (excludes halogenated alkanes) is 1. The number of anilines is 1. The van der Waals surface area contributed by atoms with Crippen LogP contribution in [0.2, 0.25) is 0 Å². The molecule has 1 aliphatic rings. The summed E-state index contributed by atoms with van der Waals surface area (Å²) in [5.74, 6) is 0. The zero-order valence-electron chi connectivity index (χ0n) is 17.3. The van der Waals surface area contributed by atoms with Crippen molar-refractivity contribution in [3.63, 3.8) is 0 Å². The van der Waals surface area contributed by atoms with Crippen LogP contribution in [0.3, 0.4) is 0 Å². The molecule has 0 amide bonds. The first-order valence-electron chi connectivity index (χ1n) is 10.4. The number of aromatic nitrogens is 2. The van der Waals surface area contributed by atoms with E-state index in [2.05, 4.69) is 20.9 Å². The fraction of sp³-hybridized carbons (Fsp3) is 0.455. The number of piperazine rings is 1. The van der Waals surface area contributed by atoms with Gasteiger partial charge < -0.3 is 9.88 Å². The zero-order chi connectivity index (χ0) is 22.0. The molecule has 1 fully saturated rings. The van der Waals surface area contributed by atoms with Crippen LogP contribution in [-0.2, 0) is 12.6 Å². The van der Waals surface area contributed by atoms with Gasteiger partial charge in [-0.1, -0.05) is 0 Å². The second-order valence-corrected chi connectivity index (χ2v) is 9.05. The normalized spacial score (nSPS) is 15.5. The summed E-state index contributed by atoms with van der Waals surface area (Å²) in [7, 11) is 0. The molecule has 0 aliphatic carbocycles. The van der Waals surface area contributed by atoms with Crippen LogP contribution in [0.5, 0.6) is 0 Å². The predicted octanol–water partition coefficient (Wildman–Crippen LogP) is 4.97. The molecule has 164 valence electrons. The third kappa shape index (κ3) is 4.86. The number of rotatable bonds is 6. The van der Waals surface area contributed by atoms with E-state index in [4.69, 9.17) is 5.26 Å².